The lowest BCUT2D eigenvalue weighted by molar-refractivity contribution is 0.0279. The number of hydrogen-bond donors (Lipinski definition) is 0. The lowest BCUT2D eigenvalue weighted by atomic mass is 10.2. The van der Waals surface area contributed by atoms with E-state index in [1.54, 1.807) is 0 Å². The molecule has 2 fully saturated rings. The number of anilines is 1. The first-order valence-corrected chi connectivity index (χ1v) is 8.80. The maximum atomic E-state index is 12.2. The number of hydrogen-bond acceptors (Lipinski definition) is 5. The van der Waals surface area contributed by atoms with E-state index in [0.29, 0.717) is 6.04 Å². The molecule has 1 aromatic heterocycles. The molecule has 1 amide bonds. The van der Waals surface area contributed by atoms with E-state index in [-0.39, 0.29) is 6.09 Å². The van der Waals surface area contributed by atoms with Crippen molar-refractivity contribution in [1.29, 1.82) is 0 Å². The van der Waals surface area contributed by atoms with E-state index in [0.717, 1.165) is 51.5 Å². The number of piperazine rings is 1. The molecule has 0 radical (unpaired) electrons. The Labute approximate surface area is 144 Å². The third-order valence-corrected chi connectivity index (χ3v) is 4.62. The van der Waals surface area contributed by atoms with Crippen molar-refractivity contribution in [1.82, 2.24) is 14.8 Å². The predicted molar refractivity (Wildman–Crippen MR) is 94.2 cm³/mol. The first-order valence-electron chi connectivity index (χ1n) is 8.80. The number of carbonyl (C=O) groups is 1. The van der Waals surface area contributed by atoms with Crippen LogP contribution in [0.1, 0.15) is 27.2 Å². The molecule has 1 aromatic rings. The Bertz CT molecular complexity index is 550. The van der Waals surface area contributed by atoms with Gasteiger partial charge in [-0.25, -0.2) is 9.78 Å². The van der Waals surface area contributed by atoms with Crippen LogP contribution in [0.5, 0.6) is 0 Å². The normalized spacial score (nSPS) is 22.7. The lowest BCUT2D eigenvalue weighted by Crippen LogP contribution is -2.51. The molecule has 2 aliphatic rings. The molecular weight excluding hydrogens is 304 g/mol. The van der Waals surface area contributed by atoms with Gasteiger partial charge in [0.05, 0.1) is 0 Å². The molecule has 0 aromatic carbocycles. The molecule has 6 nitrogen and oxygen atoms in total. The fourth-order valence-electron chi connectivity index (χ4n) is 3.39. The summed E-state index contributed by atoms with van der Waals surface area (Å²) in [6.45, 7) is 11.3. The van der Waals surface area contributed by atoms with Gasteiger partial charge in [-0.05, 0) is 39.3 Å². The highest BCUT2D eigenvalue weighted by atomic mass is 16.6. The standard InChI is InChI=1S/C18H28N4O2/c1-18(2,3)24-17(23)22-9-7-15(14-22)20-10-12-21(13-11-20)16-6-4-5-8-19-16/h4-6,8,15H,7,9-14H2,1-3H3. The van der Waals surface area contributed by atoms with Gasteiger partial charge < -0.3 is 14.5 Å². The molecule has 2 saturated heterocycles. The average Bonchev–Trinajstić information content (AvgIpc) is 3.04. The second kappa shape index (κ2) is 6.97. The molecule has 2 aliphatic heterocycles. The number of carbonyl (C=O) groups excluding carboxylic acids is 1. The van der Waals surface area contributed by atoms with Crippen LogP contribution in [0.15, 0.2) is 24.4 Å². The Morgan fingerprint density at radius 3 is 2.54 bits per heavy atom. The number of pyridine rings is 1. The second-order valence-corrected chi connectivity index (χ2v) is 7.58. The third-order valence-electron chi connectivity index (χ3n) is 4.62. The summed E-state index contributed by atoms with van der Waals surface area (Å²) >= 11 is 0. The second-order valence-electron chi connectivity index (χ2n) is 7.58. The number of likely N-dealkylation sites (tertiary alicyclic amines) is 1. The molecule has 0 spiro atoms. The monoisotopic (exact) mass is 332 g/mol. The number of rotatable bonds is 2. The van der Waals surface area contributed by atoms with Crippen LogP contribution >= 0.6 is 0 Å². The highest BCUT2D eigenvalue weighted by molar-refractivity contribution is 5.68. The van der Waals surface area contributed by atoms with Gasteiger partial charge in [0.25, 0.3) is 0 Å². The molecule has 1 unspecified atom stereocenters. The molecule has 0 aliphatic carbocycles. The number of aromatic nitrogens is 1. The smallest absolute Gasteiger partial charge is 0.410 e. The molecule has 1 atom stereocenters. The fourth-order valence-corrected chi connectivity index (χ4v) is 3.39. The first-order chi connectivity index (χ1) is 11.4. The molecule has 0 N–H and O–H groups in total. The van der Waals surface area contributed by atoms with E-state index in [1.807, 2.05) is 44.0 Å². The Hall–Kier alpha value is -1.82. The van der Waals surface area contributed by atoms with E-state index in [9.17, 15) is 4.79 Å². The van der Waals surface area contributed by atoms with Crippen LogP contribution in [0.25, 0.3) is 0 Å². The summed E-state index contributed by atoms with van der Waals surface area (Å²) in [6, 6.07) is 6.49. The minimum absolute atomic E-state index is 0.183. The maximum absolute atomic E-state index is 12.2. The van der Waals surface area contributed by atoms with Crippen LogP contribution in [0.4, 0.5) is 10.6 Å². The average molecular weight is 332 g/mol. The number of nitrogens with zero attached hydrogens (tertiary/aromatic N) is 4. The van der Waals surface area contributed by atoms with Gasteiger partial charge in [0.2, 0.25) is 0 Å². The van der Waals surface area contributed by atoms with Gasteiger partial charge in [-0.15, -0.1) is 0 Å². The van der Waals surface area contributed by atoms with E-state index in [4.69, 9.17) is 4.74 Å². The van der Waals surface area contributed by atoms with Gasteiger partial charge >= 0.3 is 6.09 Å². The molecule has 132 valence electrons. The summed E-state index contributed by atoms with van der Waals surface area (Å²) < 4.78 is 5.48. The Morgan fingerprint density at radius 2 is 1.92 bits per heavy atom. The quantitative estimate of drug-likeness (QED) is 0.831. The van der Waals surface area contributed by atoms with E-state index in [1.165, 1.54) is 0 Å². The van der Waals surface area contributed by atoms with E-state index < -0.39 is 5.60 Å². The molecule has 24 heavy (non-hydrogen) atoms. The van der Waals surface area contributed by atoms with E-state index >= 15 is 0 Å². The Kier molecular flexibility index (Phi) is 4.94. The van der Waals surface area contributed by atoms with E-state index in [2.05, 4.69) is 20.9 Å². The van der Waals surface area contributed by atoms with Crippen molar-refractivity contribution < 1.29 is 9.53 Å². The predicted octanol–water partition coefficient (Wildman–Crippen LogP) is 2.21. The van der Waals surface area contributed by atoms with Crippen molar-refractivity contribution in [2.45, 2.75) is 38.8 Å². The van der Waals surface area contributed by atoms with Crippen molar-refractivity contribution in [3.8, 4) is 0 Å². The largest absolute Gasteiger partial charge is 0.444 e. The summed E-state index contributed by atoms with van der Waals surface area (Å²) in [5, 5.41) is 0. The summed E-state index contributed by atoms with van der Waals surface area (Å²) in [7, 11) is 0. The van der Waals surface area contributed by atoms with Crippen molar-refractivity contribution in [3.63, 3.8) is 0 Å². The van der Waals surface area contributed by atoms with Crippen molar-refractivity contribution in [3.05, 3.63) is 24.4 Å². The maximum Gasteiger partial charge on any atom is 0.410 e. The van der Waals surface area contributed by atoms with Crippen molar-refractivity contribution in [2.75, 3.05) is 44.2 Å². The molecule has 3 heterocycles. The Morgan fingerprint density at radius 1 is 1.17 bits per heavy atom. The van der Waals surface area contributed by atoms with Crippen LogP contribution < -0.4 is 4.90 Å². The minimum Gasteiger partial charge on any atom is -0.444 e. The SMILES string of the molecule is CC(C)(C)OC(=O)N1CCC(N2CCN(c3ccccn3)CC2)C1. The molecule has 0 bridgehead atoms. The molecule has 0 saturated carbocycles. The van der Waals surface area contributed by atoms with Crippen LogP contribution in [0, 0.1) is 0 Å². The zero-order valence-electron chi connectivity index (χ0n) is 14.9. The zero-order chi connectivity index (χ0) is 17.2. The summed E-state index contributed by atoms with van der Waals surface area (Å²) in [6.07, 6.45) is 2.69. The highest BCUT2D eigenvalue weighted by Gasteiger charge is 2.34. The summed E-state index contributed by atoms with van der Waals surface area (Å²) in [5.41, 5.74) is -0.427. The number of ether oxygens (including phenoxy) is 1. The topological polar surface area (TPSA) is 48.9 Å². The first kappa shape index (κ1) is 17.0. The summed E-state index contributed by atoms with van der Waals surface area (Å²) in [4.78, 5) is 23.3. The van der Waals surface area contributed by atoms with Gasteiger partial charge in [-0.3, -0.25) is 4.90 Å². The van der Waals surface area contributed by atoms with Crippen molar-refractivity contribution >= 4 is 11.9 Å². The highest BCUT2D eigenvalue weighted by Crippen LogP contribution is 2.21. The molecule has 3 rings (SSSR count). The number of amides is 1. The summed E-state index contributed by atoms with van der Waals surface area (Å²) in [5.74, 6) is 1.05. The van der Waals surface area contributed by atoms with Crippen LogP contribution in [0.3, 0.4) is 0 Å². The van der Waals surface area contributed by atoms with Gasteiger partial charge in [0.15, 0.2) is 0 Å². The van der Waals surface area contributed by atoms with Crippen LogP contribution in [-0.4, -0.2) is 71.8 Å². The van der Waals surface area contributed by atoms with Gasteiger partial charge in [0, 0.05) is 51.5 Å². The lowest BCUT2D eigenvalue weighted by Gasteiger charge is -2.38. The third kappa shape index (κ3) is 4.17. The van der Waals surface area contributed by atoms with Gasteiger partial charge in [-0.1, -0.05) is 6.07 Å². The van der Waals surface area contributed by atoms with Crippen LogP contribution in [-0.2, 0) is 4.74 Å². The fraction of sp³-hybridized carbons (Fsp3) is 0.667. The molecular formula is C18H28N4O2. The Balaban J connectivity index is 1.48. The van der Waals surface area contributed by atoms with Gasteiger partial charge in [0.1, 0.15) is 11.4 Å². The van der Waals surface area contributed by atoms with Gasteiger partial charge in [-0.2, -0.15) is 0 Å². The van der Waals surface area contributed by atoms with Crippen LogP contribution in [0.2, 0.25) is 0 Å². The minimum atomic E-state index is -0.427. The zero-order valence-corrected chi connectivity index (χ0v) is 14.9. The van der Waals surface area contributed by atoms with Crippen molar-refractivity contribution in [2.24, 2.45) is 0 Å². The molecule has 6 heteroatoms.